The molecule has 0 heterocycles. The zero-order valence-electron chi connectivity index (χ0n) is 12.3. The van der Waals surface area contributed by atoms with Crippen molar-refractivity contribution in [1.29, 1.82) is 0 Å². The quantitative estimate of drug-likeness (QED) is 0.877. The van der Waals surface area contributed by atoms with E-state index in [1.807, 2.05) is 0 Å². The van der Waals surface area contributed by atoms with Gasteiger partial charge in [0.1, 0.15) is 17.7 Å². The summed E-state index contributed by atoms with van der Waals surface area (Å²) >= 11 is 0. The third-order valence-electron chi connectivity index (χ3n) is 4.60. The van der Waals surface area contributed by atoms with E-state index >= 15 is 0 Å². The van der Waals surface area contributed by atoms with Crippen molar-refractivity contribution in [3.8, 4) is 5.75 Å². The lowest BCUT2D eigenvalue weighted by Crippen LogP contribution is -2.63. The zero-order chi connectivity index (χ0) is 14.0. The Morgan fingerprint density at radius 2 is 2.16 bits per heavy atom. The van der Waals surface area contributed by atoms with E-state index in [9.17, 15) is 4.39 Å². The van der Waals surface area contributed by atoms with Crippen LogP contribution < -0.4 is 10.1 Å². The van der Waals surface area contributed by atoms with Crippen LogP contribution in [-0.4, -0.2) is 18.7 Å². The van der Waals surface area contributed by atoms with E-state index in [0.29, 0.717) is 11.6 Å². The molecule has 1 aliphatic rings. The predicted octanol–water partition coefficient (Wildman–Crippen LogP) is 3.68. The number of benzene rings is 1. The van der Waals surface area contributed by atoms with Crippen LogP contribution in [0.1, 0.15) is 39.2 Å². The first-order valence-electron chi connectivity index (χ1n) is 7.17. The summed E-state index contributed by atoms with van der Waals surface area (Å²) in [6.07, 6.45) is 2.32. The number of ether oxygens (including phenoxy) is 1. The van der Waals surface area contributed by atoms with Gasteiger partial charge in [0, 0.05) is 17.9 Å². The second-order valence-electron chi connectivity index (χ2n) is 5.72. The van der Waals surface area contributed by atoms with E-state index in [-0.39, 0.29) is 17.3 Å². The van der Waals surface area contributed by atoms with Crippen molar-refractivity contribution < 1.29 is 9.13 Å². The normalized spacial score (nSPS) is 29.9. The molecule has 0 saturated heterocycles. The molecule has 1 fully saturated rings. The molecule has 1 N–H and O–H groups in total. The first kappa shape index (κ1) is 14.3. The largest absolute Gasteiger partial charge is 0.490 e. The smallest absolute Gasteiger partial charge is 0.126 e. The van der Waals surface area contributed by atoms with Gasteiger partial charge in [-0.25, -0.2) is 4.39 Å². The fourth-order valence-electron chi connectivity index (χ4n) is 2.89. The van der Waals surface area contributed by atoms with Gasteiger partial charge in [-0.05, 0) is 43.7 Å². The van der Waals surface area contributed by atoms with Crippen molar-refractivity contribution in [2.75, 3.05) is 6.54 Å². The standard InChI is InChI=1S/C16H24FNO/c1-5-16(4)14(18-6-2)10-15(16)19-12-7-8-13(17)11(3)9-12/h7-9,14-15,18H,5-6,10H2,1-4H3. The second kappa shape index (κ2) is 5.49. The van der Waals surface area contributed by atoms with Crippen LogP contribution in [0.2, 0.25) is 0 Å². The van der Waals surface area contributed by atoms with E-state index in [2.05, 4.69) is 26.1 Å². The number of hydrogen-bond donors (Lipinski definition) is 1. The molecule has 1 saturated carbocycles. The summed E-state index contributed by atoms with van der Waals surface area (Å²) in [6.45, 7) is 9.36. The predicted molar refractivity (Wildman–Crippen MR) is 76.0 cm³/mol. The third-order valence-corrected chi connectivity index (χ3v) is 4.60. The lowest BCUT2D eigenvalue weighted by molar-refractivity contribution is -0.0697. The summed E-state index contributed by atoms with van der Waals surface area (Å²) in [4.78, 5) is 0. The monoisotopic (exact) mass is 265 g/mol. The van der Waals surface area contributed by atoms with Crippen LogP contribution in [0.25, 0.3) is 0 Å². The van der Waals surface area contributed by atoms with Gasteiger partial charge in [-0.1, -0.05) is 20.8 Å². The maximum atomic E-state index is 13.2. The van der Waals surface area contributed by atoms with Crippen molar-refractivity contribution in [1.82, 2.24) is 5.32 Å². The van der Waals surface area contributed by atoms with E-state index < -0.39 is 0 Å². The highest BCUT2D eigenvalue weighted by Gasteiger charge is 2.51. The number of nitrogens with one attached hydrogen (secondary N) is 1. The molecule has 0 radical (unpaired) electrons. The average Bonchev–Trinajstić information content (AvgIpc) is 2.40. The van der Waals surface area contributed by atoms with Crippen LogP contribution in [0.4, 0.5) is 4.39 Å². The molecule has 3 atom stereocenters. The van der Waals surface area contributed by atoms with Gasteiger partial charge in [0.15, 0.2) is 0 Å². The SMILES string of the molecule is CCNC1CC(Oc2ccc(F)c(C)c2)C1(C)CC. The van der Waals surface area contributed by atoms with Gasteiger partial charge in [-0.15, -0.1) is 0 Å². The Balaban J connectivity index is 2.05. The van der Waals surface area contributed by atoms with Gasteiger partial charge >= 0.3 is 0 Å². The van der Waals surface area contributed by atoms with Gasteiger partial charge < -0.3 is 10.1 Å². The summed E-state index contributed by atoms with van der Waals surface area (Å²) < 4.78 is 19.3. The Hall–Kier alpha value is -1.09. The second-order valence-corrected chi connectivity index (χ2v) is 5.72. The number of hydrogen-bond acceptors (Lipinski definition) is 2. The number of aryl methyl sites for hydroxylation is 1. The average molecular weight is 265 g/mol. The maximum absolute atomic E-state index is 13.2. The first-order chi connectivity index (χ1) is 9.01. The fraction of sp³-hybridized carbons (Fsp3) is 0.625. The van der Waals surface area contributed by atoms with E-state index in [0.717, 1.165) is 25.1 Å². The molecule has 1 aromatic carbocycles. The molecule has 1 aromatic rings. The zero-order valence-corrected chi connectivity index (χ0v) is 12.3. The van der Waals surface area contributed by atoms with Gasteiger partial charge in [-0.3, -0.25) is 0 Å². The van der Waals surface area contributed by atoms with E-state index in [1.54, 1.807) is 19.1 Å². The molecule has 2 nitrogen and oxygen atoms in total. The highest BCUT2D eigenvalue weighted by molar-refractivity contribution is 5.29. The molecule has 3 unspecified atom stereocenters. The van der Waals surface area contributed by atoms with E-state index in [4.69, 9.17) is 4.74 Å². The Labute approximate surface area is 115 Å². The van der Waals surface area contributed by atoms with Crippen LogP contribution in [0.15, 0.2) is 18.2 Å². The minimum absolute atomic E-state index is 0.165. The van der Waals surface area contributed by atoms with E-state index in [1.165, 1.54) is 6.07 Å². The van der Waals surface area contributed by atoms with Crippen molar-refractivity contribution in [3.05, 3.63) is 29.6 Å². The molecule has 106 valence electrons. The lowest BCUT2D eigenvalue weighted by atomic mass is 9.61. The van der Waals surface area contributed by atoms with Gasteiger partial charge in [-0.2, -0.15) is 0 Å². The minimum atomic E-state index is -0.176. The van der Waals surface area contributed by atoms with Crippen LogP contribution in [0.5, 0.6) is 5.75 Å². The highest BCUT2D eigenvalue weighted by Crippen LogP contribution is 2.46. The van der Waals surface area contributed by atoms with Crippen LogP contribution in [-0.2, 0) is 0 Å². The molecule has 0 spiro atoms. The molecule has 0 bridgehead atoms. The fourth-order valence-corrected chi connectivity index (χ4v) is 2.89. The summed E-state index contributed by atoms with van der Waals surface area (Å²) in [7, 11) is 0. The Kier molecular flexibility index (Phi) is 4.14. The molecule has 0 aromatic heterocycles. The molecule has 3 heteroatoms. The maximum Gasteiger partial charge on any atom is 0.126 e. The first-order valence-corrected chi connectivity index (χ1v) is 7.17. The molecule has 2 rings (SSSR count). The third kappa shape index (κ3) is 2.62. The highest BCUT2D eigenvalue weighted by atomic mass is 19.1. The summed E-state index contributed by atoms with van der Waals surface area (Å²) in [5.41, 5.74) is 0.802. The Morgan fingerprint density at radius 3 is 2.74 bits per heavy atom. The molecule has 19 heavy (non-hydrogen) atoms. The lowest BCUT2D eigenvalue weighted by Gasteiger charge is -2.53. The summed E-state index contributed by atoms with van der Waals surface area (Å²) in [6, 6.07) is 5.51. The Morgan fingerprint density at radius 1 is 1.42 bits per heavy atom. The molecular formula is C16H24FNO. The van der Waals surface area contributed by atoms with Gasteiger partial charge in [0.2, 0.25) is 0 Å². The summed E-state index contributed by atoms with van der Waals surface area (Å²) in [5, 5.41) is 3.52. The molecule has 0 amide bonds. The summed E-state index contributed by atoms with van der Waals surface area (Å²) in [5.74, 6) is 0.600. The Bertz CT molecular complexity index is 448. The number of rotatable bonds is 5. The minimum Gasteiger partial charge on any atom is -0.490 e. The topological polar surface area (TPSA) is 21.3 Å². The van der Waals surface area contributed by atoms with Crippen LogP contribution >= 0.6 is 0 Å². The molecule has 0 aliphatic heterocycles. The molecule has 1 aliphatic carbocycles. The van der Waals surface area contributed by atoms with Crippen molar-refractivity contribution in [3.63, 3.8) is 0 Å². The van der Waals surface area contributed by atoms with Crippen LogP contribution in [0, 0.1) is 18.2 Å². The van der Waals surface area contributed by atoms with Crippen molar-refractivity contribution in [2.45, 2.75) is 52.7 Å². The van der Waals surface area contributed by atoms with Gasteiger partial charge in [0.05, 0.1) is 0 Å². The van der Waals surface area contributed by atoms with Crippen molar-refractivity contribution >= 4 is 0 Å². The van der Waals surface area contributed by atoms with Crippen molar-refractivity contribution in [2.24, 2.45) is 5.41 Å². The molecular weight excluding hydrogens is 241 g/mol. The van der Waals surface area contributed by atoms with Crippen LogP contribution in [0.3, 0.4) is 0 Å². The number of halogens is 1. The van der Waals surface area contributed by atoms with Gasteiger partial charge in [0.25, 0.3) is 0 Å².